The Kier molecular flexibility index (Phi) is 21.2. The van der Waals surface area contributed by atoms with Crippen molar-refractivity contribution in [2.45, 2.75) is 136 Å². The van der Waals surface area contributed by atoms with Gasteiger partial charge >= 0.3 is 0 Å². The van der Waals surface area contributed by atoms with Gasteiger partial charge in [-0.1, -0.05) is 117 Å². The van der Waals surface area contributed by atoms with E-state index in [9.17, 15) is 0 Å². The summed E-state index contributed by atoms with van der Waals surface area (Å²) in [6.45, 7) is 16.3. The van der Waals surface area contributed by atoms with Crippen LogP contribution in [0.4, 0.5) is 0 Å². The van der Waals surface area contributed by atoms with Gasteiger partial charge in [-0.2, -0.15) is 0 Å². The van der Waals surface area contributed by atoms with Crippen LogP contribution in [0.3, 0.4) is 0 Å². The molecule has 0 heterocycles. The van der Waals surface area contributed by atoms with E-state index in [4.69, 9.17) is 0 Å². The predicted molar refractivity (Wildman–Crippen MR) is 130 cm³/mol. The minimum atomic E-state index is 1.18. The first kappa shape index (κ1) is 27.7. The lowest BCUT2D eigenvalue weighted by molar-refractivity contribution is -0.923. The van der Waals surface area contributed by atoms with Crippen molar-refractivity contribution in [1.29, 1.82) is 0 Å². The number of hydrogen-bond acceptors (Lipinski definition) is 0. The molecule has 0 aliphatic rings. The summed E-state index contributed by atoms with van der Waals surface area (Å²) in [5.74, 6) is 0. The van der Waals surface area contributed by atoms with Crippen molar-refractivity contribution in [2.24, 2.45) is 0 Å². The lowest BCUT2D eigenvalue weighted by Gasteiger charge is -2.38. The molecule has 1 heteroatoms. The Morgan fingerprint density at radius 1 is 0.464 bits per heavy atom. The predicted octanol–water partition coefficient (Wildman–Crippen LogP) is 9.07. The average molecular weight is 395 g/mol. The van der Waals surface area contributed by atoms with E-state index in [2.05, 4.69) is 33.4 Å². The van der Waals surface area contributed by atoms with Gasteiger partial charge in [-0.05, 0) is 31.8 Å². The van der Waals surface area contributed by atoms with E-state index >= 15 is 0 Å². The highest BCUT2D eigenvalue weighted by atomic mass is 15.3. The van der Waals surface area contributed by atoms with Crippen molar-refractivity contribution in [2.75, 3.05) is 26.2 Å². The molecular weight excluding hydrogens is 338 g/mol. The Bertz CT molecular complexity index is 301. The molecule has 0 saturated carbocycles. The van der Waals surface area contributed by atoms with Gasteiger partial charge in [0.15, 0.2) is 0 Å². The van der Waals surface area contributed by atoms with E-state index in [1.807, 2.05) is 0 Å². The highest BCUT2D eigenvalue weighted by Gasteiger charge is 2.24. The number of rotatable bonds is 23. The second kappa shape index (κ2) is 21.4. The van der Waals surface area contributed by atoms with E-state index in [-0.39, 0.29) is 0 Å². The maximum atomic E-state index is 4.06. The molecule has 0 aromatic rings. The molecule has 0 aliphatic carbocycles. The zero-order chi connectivity index (χ0) is 20.8. The molecule has 0 aliphatic heterocycles. The van der Waals surface area contributed by atoms with E-state index in [1.54, 1.807) is 0 Å². The Hall–Kier alpha value is -0.300. The fourth-order valence-corrected chi connectivity index (χ4v) is 4.51. The molecule has 0 N–H and O–H groups in total. The van der Waals surface area contributed by atoms with Crippen LogP contribution in [0.15, 0.2) is 12.7 Å². The summed E-state index contributed by atoms with van der Waals surface area (Å²) in [5.41, 5.74) is 0. The first-order valence-corrected chi connectivity index (χ1v) is 13.2. The lowest BCUT2D eigenvalue weighted by Crippen LogP contribution is -2.50. The van der Waals surface area contributed by atoms with Crippen LogP contribution in [0.25, 0.3) is 0 Å². The van der Waals surface area contributed by atoms with Gasteiger partial charge in [0.1, 0.15) is 0 Å². The van der Waals surface area contributed by atoms with Gasteiger partial charge < -0.3 is 4.48 Å². The maximum absolute atomic E-state index is 4.06. The number of unbranched alkanes of at least 4 members (excludes halogenated alkanes) is 15. The Morgan fingerprint density at radius 3 is 1.14 bits per heavy atom. The second-order valence-electron chi connectivity index (χ2n) is 9.29. The Morgan fingerprint density at radius 2 is 0.786 bits per heavy atom. The number of nitrogens with zero attached hydrogens (tertiary/aromatic N) is 1. The molecule has 0 bridgehead atoms. The Balaban J connectivity index is 3.71. The third-order valence-corrected chi connectivity index (χ3v) is 6.47. The Labute approximate surface area is 180 Å². The molecule has 28 heavy (non-hydrogen) atoms. The average Bonchev–Trinajstić information content (AvgIpc) is 2.71. The van der Waals surface area contributed by atoms with Crippen LogP contribution in [0, 0.1) is 0 Å². The third-order valence-electron chi connectivity index (χ3n) is 6.47. The lowest BCUT2D eigenvalue weighted by atomic mass is 10.0. The SMILES string of the molecule is C=CC[N+](CCCC)(CCCC)CCCCCCCCCCCCCCCC. The van der Waals surface area contributed by atoms with Gasteiger partial charge in [0.25, 0.3) is 0 Å². The van der Waals surface area contributed by atoms with Crippen molar-refractivity contribution in [3.05, 3.63) is 12.7 Å². The summed E-state index contributed by atoms with van der Waals surface area (Å²) in [5, 5.41) is 0. The van der Waals surface area contributed by atoms with Crippen LogP contribution < -0.4 is 0 Å². The normalized spacial score (nSPS) is 11.8. The van der Waals surface area contributed by atoms with Crippen molar-refractivity contribution in [3.63, 3.8) is 0 Å². The zero-order valence-corrected chi connectivity index (χ0v) is 20.3. The standard InChI is InChI=1S/C27H56N/c1-5-9-12-13-14-15-16-17-18-19-20-21-22-23-27-28(24-8-4,25-10-6-2)26-11-7-3/h8H,4-7,9-27H2,1-3H3/q+1. The summed E-state index contributed by atoms with van der Waals surface area (Å²) in [4.78, 5) is 0. The highest BCUT2D eigenvalue weighted by molar-refractivity contribution is 4.67. The molecular formula is C27H56N+. The van der Waals surface area contributed by atoms with Crippen LogP contribution in [-0.2, 0) is 0 Å². The quantitative estimate of drug-likeness (QED) is 0.0920. The highest BCUT2D eigenvalue weighted by Crippen LogP contribution is 2.17. The summed E-state index contributed by atoms with van der Waals surface area (Å²) in [6.07, 6.45) is 27.9. The molecule has 168 valence electrons. The molecule has 0 unspecified atom stereocenters. The number of quaternary nitrogens is 1. The third kappa shape index (κ3) is 16.6. The van der Waals surface area contributed by atoms with E-state index < -0.39 is 0 Å². The first-order valence-electron chi connectivity index (χ1n) is 13.2. The van der Waals surface area contributed by atoms with Gasteiger partial charge in [-0.25, -0.2) is 0 Å². The monoisotopic (exact) mass is 394 g/mol. The minimum absolute atomic E-state index is 1.18. The molecule has 0 spiro atoms. The van der Waals surface area contributed by atoms with Gasteiger partial charge in [0, 0.05) is 0 Å². The van der Waals surface area contributed by atoms with Crippen LogP contribution in [-0.4, -0.2) is 30.7 Å². The smallest absolute Gasteiger partial charge is 0.0971 e. The molecule has 0 radical (unpaired) electrons. The topological polar surface area (TPSA) is 0 Å². The summed E-state index contributed by atoms with van der Waals surface area (Å²) in [7, 11) is 0. The van der Waals surface area contributed by atoms with Crippen molar-refractivity contribution in [1.82, 2.24) is 0 Å². The van der Waals surface area contributed by atoms with Crippen molar-refractivity contribution < 1.29 is 4.48 Å². The van der Waals surface area contributed by atoms with Gasteiger partial charge in [0.2, 0.25) is 0 Å². The van der Waals surface area contributed by atoms with Gasteiger partial charge in [-0.15, -0.1) is 0 Å². The van der Waals surface area contributed by atoms with Crippen LogP contribution in [0.5, 0.6) is 0 Å². The molecule has 1 nitrogen and oxygen atoms in total. The maximum Gasteiger partial charge on any atom is 0.0971 e. The molecule has 0 fully saturated rings. The molecule has 0 rings (SSSR count). The van der Waals surface area contributed by atoms with Crippen molar-refractivity contribution in [3.8, 4) is 0 Å². The summed E-state index contributed by atoms with van der Waals surface area (Å²) in [6, 6.07) is 0. The number of hydrogen-bond donors (Lipinski definition) is 0. The van der Waals surface area contributed by atoms with E-state index in [0.717, 1.165) is 0 Å². The summed E-state index contributed by atoms with van der Waals surface area (Å²) < 4.78 is 1.31. The van der Waals surface area contributed by atoms with Crippen LogP contribution >= 0.6 is 0 Å². The summed E-state index contributed by atoms with van der Waals surface area (Å²) >= 11 is 0. The van der Waals surface area contributed by atoms with Crippen LogP contribution in [0.2, 0.25) is 0 Å². The fourth-order valence-electron chi connectivity index (χ4n) is 4.51. The minimum Gasteiger partial charge on any atom is -0.320 e. The molecule has 0 saturated heterocycles. The zero-order valence-electron chi connectivity index (χ0n) is 20.3. The van der Waals surface area contributed by atoms with Crippen LogP contribution in [0.1, 0.15) is 136 Å². The first-order chi connectivity index (χ1) is 13.7. The second-order valence-corrected chi connectivity index (χ2v) is 9.29. The fraction of sp³-hybridized carbons (Fsp3) is 0.926. The molecule has 0 aromatic heterocycles. The van der Waals surface area contributed by atoms with Gasteiger partial charge in [0.05, 0.1) is 26.2 Å². The molecule has 0 amide bonds. The molecule has 0 aromatic carbocycles. The van der Waals surface area contributed by atoms with E-state index in [1.165, 1.54) is 146 Å². The molecule has 0 atom stereocenters. The largest absolute Gasteiger partial charge is 0.320 e. The van der Waals surface area contributed by atoms with Crippen molar-refractivity contribution >= 4 is 0 Å². The van der Waals surface area contributed by atoms with Gasteiger partial charge in [-0.3, -0.25) is 0 Å². The van der Waals surface area contributed by atoms with E-state index in [0.29, 0.717) is 0 Å².